The van der Waals surface area contributed by atoms with Crippen LogP contribution in [0.25, 0.3) is 5.69 Å². The van der Waals surface area contributed by atoms with Crippen LogP contribution in [0.15, 0.2) is 30.5 Å². The Balaban J connectivity index is 2.46. The van der Waals surface area contributed by atoms with Crippen molar-refractivity contribution < 1.29 is 9.90 Å². The maximum absolute atomic E-state index is 11.0. The summed E-state index contributed by atoms with van der Waals surface area (Å²) in [4.78, 5) is 11.0. The summed E-state index contributed by atoms with van der Waals surface area (Å²) in [6.45, 7) is 3.90. The van der Waals surface area contributed by atoms with Crippen molar-refractivity contribution in [3.8, 4) is 5.69 Å². The van der Waals surface area contributed by atoms with Gasteiger partial charge in [-0.1, -0.05) is 24.6 Å². The highest BCUT2D eigenvalue weighted by Crippen LogP contribution is 2.13. The van der Waals surface area contributed by atoms with Crippen LogP contribution in [0.5, 0.6) is 0 Å². The van der Waals surface area contributed by atoms with Crippen LogP contribution in [-0.2, 0) is 6.42 Å². The molecule has 1 aromatic heterocycles. The van der Waals surface area contributed by atoms with Crippen LogP contribution >= 0.6 is 0 Å². The summed E-state index contributed by atoms with van der Waals surface area (Å²) in [5.74, 6) is -0.930. The molecule has 2 rings (SSSR count). The molecule has 0 fully saturated rings. The number of aromatic nitrogens is 2. The molecule has 0 atom stereocenters. The summed E-state index contributed by atoms with van der Waals surface area (Å²) in [5.41, 5.74) is 2.92. The first-order valence-corrected chi connectivity index (χ1v) is 5.50. The molecule has 88 valence electrons. The quantitative estimate of drug-likeness (QED) is 0.881. The molecule has 17 heavy (non-hydrogen) atoms. The molecule has 0 aliphatic heterocycles. The van der Waals surface area contributed by atoms with Crippen LogP contribution in [0.1, 0.15) is 28.5 Å². The van der Waals surface area contributed by atoms with Crippen LogP contribution < -0.4 is 0 Å². The summed E-state index contributed by atoms with van der Waals surface area (Å²) in [6, 6.07) is 7.80. The molecule has 1 N–H and O–H groups in total. The fraction of sp³-hybridized carbons (Fsp3) is 0.231. The molecule has 0 spiro atoms. The number of aryl methyl sites for hydroxylation is 2. The van der Waals surface area contributed by atoms with Gasteiger partial charge < -0.3 is 5.11 Å². The van der Waals surface area contributed by atoms with E-state index in [2.05, 4.69) is 5.10 Å². The van der Waals surface area contributed by atoms with Crippen LogP contribution in [0.2, 0.25) is 0 Å². The second kappa shape index (κ2) is 4.41. The molecule has 0 aliphatic carbocycles. The fourth-order valence-electron chi connectivity index (χ4n) is 1.68. The van der Waals surface area contributed by atoms with Crippen LogP contribution in [0.4, 0.5) is 0 Å². The van der Waals surface area contributed by atoms with E-state index in [-0.39, 0.29) is 5.56 Å². The van der Waals surface area contributed by atoms with Gasteiger partial charge in [0.2, 0.25) is 0 Å². The number of benzene rings is 1. The molecule has 4 nitrogen and oxygen atoms in total. The smallest absolute Gasteiger partial charge is 0.339 e. The van der Waals surface area contributed by atoms with Crippen molar-refractivity contribution in [2.75, 3.05) is 0 Å². The summed E-state index contributed by atoms with van der Waals surface area (Å²) >= 11 is 0. The Morgan fingerprint density at radius 2 is 2.00 bits per heavy atom. The highest BCUT2D eigenvalue weighted by Gasteiger charge is 2.14. The van der Waals surface area contributed by atoms with Gasteiger partial charge in [-0.25, -0.2) is 9.48 Å². The Kier molecular flexibility index (Phi) is 2.95. The SMILES string of the molecule is CCc1nn(-c2ccc(C)cc2)cc1C(=O)O. The molecule has 1 aromatic carbocycles. The number of hydrogen-bond donors (Lipinski definition) is 1. The molecule has 1 heterocycles. The molecule has 0 saturated heterocycles. The third kappa shape index (κ3) is 2.20. The summed E-state index contributed by atoms with van der Waals surface area (Å²) < 4.78 is 1.61. The molecule has 4 heteroatoms. The molecular weight excluding hydrogens is 216 g/mol. The van der Waals surface area contributed by atoms with Crippen LogP contribution in [0, 0.1) is 6.92 Å². The van der Waals surface area contributed by atoms with Gasteiger partial charge in [-0.2, -0.15) is 5.10 Å². The van der Waals surface area contributed by atoms with E-state index in [0.717, 1.165) is 11.3 Å². The van der Waals surface area contributed by atoms with Crippen molar-refractivity contribution in [3.05, 3.63) is 47.3 Å². The first kappa shape index (κ1) is 11.4. The number of carboxylic acids is 1. The van der Waals surface area contributed by atoms with Crippen LogP contribution in [0.3, 0.4) is 0 Å². The topological polar surface area (TPSA) is 55.1 Å². The van der Waals surface area contributed by atoms with Crippen molar-refractivity contribution in [2.24, 2.45) is 0 Å². The van der Waals surface area contributed by atoms with E-state index in [9.17, 15) is 4.79 Å². The van der Waals surface area contributed by atoms with Gasteiger partial charge >= 0.3 is 5.97 Å². The van der Waals surface area contributed by atoms with Gasteiger partial charge in [-0.05, 0) is 25.5 Å². The summed E-state index contributed by atoms with van der Waals surface area (Å²) in [6.07, 6.45) is 2.17. The molecule has 0 saturated carbocycles. The average molecular weight is 230 g/mol. The predicted molar refractivity (Wildman–Crippen MR) is 64.6 cm³/mol. The Labute approximate surface area is 99.5 Å². The first-order valence-electron chi connectivity index (χ1n) is 5.50. The second-order valence-electron chi connectivity index (χ2n) is 3.93. The average Bonchev–Trinajstić information content (AvgIpc) is 2.74. The number of hydrogen-bond acceptors (Lipinski definition) is 2. The van der Waals surface area contributed by atoms with Crippen molar-refractivity contribution in [1.82, 2.24) is 9.78 Å². The minimum absolute atomic E-state index is 0.271. The lowest BCUT2D eigenvalue weighted by Gasteiger charge is -2.00. The molecule has 0 aliphatic rings. The van der Waals surface area contributed by atoms with E-state index >= 15 is 0 Å². The minimum atomic E-state index is -0.930. The molecule has 0 unspecified atom stereocenters. The standard InChI is InChI=1S/C13H14N2O2/c1-3-12-11(13(16)17)8-15(14-12)10-6-4-9(2)5-7-10/h4-8H,3H2,1-2H3,(H,16,17). The van der Waals surface area contributed by atoms with Gasteiger partial charge in [-0.15, -0.1) is 0 Å². The van der Waals surface area contributed by atoms with Gasteiger partial charge in [0.05, 0.1) is 11.4 Å². The van der Waals surface area contributed by atoms with Crippen molar-refractivity contribution in [2.45, 2.75) is 20.3 Å². The lowest BCUT2D eigenvalue weighted by atomic mass is 10.2. The summed E-state index contributed by atoms with van der Waals surface area (Å²) in [5, 5.41) is 13.3. The van der Waals surface area contributed by atoms with Gasteiger partial charge in [0.25, 0.3) is 0 Å². The molecule has 0 radical (unpaired) electrons. The maximum atomic E-state index is 11.0. The molecular formula is C13H14N2O2. The highest BCUT2D eigenvalue weighted by atomic mass is 16.4. The van der Waals surface area contributed by atoms with E-state index < -0.39 is 5.97 Å². The van der Waals surface area contributed by atoms with E-state index in [1.54, 1.807) is 10.9 Å². The third-order valence-corrected chi connectivity index (χ3v) is 2.65. The zero-order chi connectivity index (χ0) is 12.4. The second-order valence-corrected chi connectivity index (χ2v) is 3.93. The lowest BCUT2D eigenvalue weighted by molar-refractivity contribution is 0.0695. The van der Waals surface area contributed by atoms with Gasteiger partial charge in [0.1, 0.15) is 5.56 Å². The van der Waals surface area contributed by atoms with E-state index in [0.29, 0.717) is 12.1 Å². The summed E-state index contributed by atoms with van der Waals surface area (Å²) in [7, 11) is 0. The van der Waals surface area contributed by atoms with Gasteiger partial charge in [0, 0.05) is 6.20 Å². The third-order valence-electron chi connectivity index (χ3n) is 2.65. The zero-order valence-electron chi connectivity index (χ0n) is 9.84. The number of carbonyl (C=O) groups is 1. The van der Waals surface area contributed by atoms with E-state index in [1.807, 2.05) is 38.1 Å². The Morgan fingerprint density at radius 1 is 1.35 bits per heavy atom. The maximum Gasteiger partial charge on any atom is 0.339 e. The Bertz CT molecular complexity index is 541. The van der Waals surface area contributed by atoms with Crippen molar-refractivity contribution in [3.63, 3.8) is 0 Å². The largest absolute Gasteiger partial charge is 0.478 e. The highest BCUT2D eigenvalue weighted by molar-refractivity contribution is 5.88. The number of nitrogens with zero attached hydrogens (tertiary/aromatic N) is 2. The van der Waals surface area contributed by atoms with Crippen molar-refractivity contribution in [1.29, 1.82) is 0 Å². The number of rotatable bonds is 3. The zero-order valence-corrected chi connectivity index (χ0v) is 9.84. The van der Waals surface area contributed by atoms with E-state index in [4.69, 9.17) is 5.11 Å². The van der Waals surface area contributed by atoms with E-state index in [1.165, 1.54) is 0 Å². The van der Waals surface area contributed by atoms with Gasteiger partial charge in [0.15, 0.2) is 0 Å². The normalized spacial score (nSPS) is 10.5. The van der Waals surface area contributed by atoms with Crippen molar-refractivity contribution >= 4 is 5.97 Å². The number of carboxylic acid groups (broad SMARTS) is 1. The molecule has 0 amide bonds. The molecule has 2 aromatic rings. The Morgan fingerprint density at radius 3 is 2.47 bits per heavy atom. The minimum Gasteiger partial charge on any atom is -0.478 e. The predicted octanol–water partition coefficient (Wildman–Crippen LogP) is 2.44. The Hall–Kier alpha value is -2.10. The number of aromatic carboxylic acids is 1. The van der Waals surface area contributed by atoms with Gasteiger partial charge in [-0.3, -0.25) is 0 Å². The first-order chi connectivity index (χ1) is 8.11. The monoisotopic (exact) mass is 230 g/mol. The van der Waals surface area contributed by atoms with Crippen LogP contribution in [-0.4, -0.2) is 20.9 Å². The lowest BCUT2D eigenvalue weighted by Crippen LogP contribution is -1.98. The molecule has 0 bridgehead atoms. The fourth-order valence-corrected chi connectivity index (χ4v) is 1.68.